The Hall–Kier alpha value is -5.57. The Morgan fingerprint density at radius 2 is 1.57 bits per heavy atom. The molecule has 1 N–H and O–H groups in total. The molecule has 2 aliphatic rings. The molecule has 16 nitrogen and oxygen atoms in total. The number of hydrogen-bond donors (Lipinski definition) is 1. The zero-order valence-electron chi connectivity index (χ0n) is 32.4. The van der Waals surface area contributed by atoms with Crippen LogP contribution in [-0.2, 0) is 38.2 Å². The van der Waals surface area contributed by atoms with E-state index in [9.17, 15) is 38.8 Å². The number of nitrogens with zero attached hydrogens (tertiary/aromatic N) is 5. The first-order valence-corrected chi connectivity index (χ1v) is 18.8. The van der Waals surface area contributed by atoms with Crippen LogP contribution in [0, 0.1) is 16.7 Å². The van der Waals surface area contributed by atoms with Gasteiger partial charge in [-0.25, -0.2) is 9.78 Å². The number of amides is 5. The van der Waals surface area contributed by atoms with Gasteiger partial charge in [0.15, 0.2) is 16.6 Å². The summed E-state index contributed by atoms with van der Waals surface area (Å²) in [5.41, 5.74) is 1.10. The normalized spacial score (nSPS) is 14.6. The number of benzene rings is 1. The lowest BCUT2D eigenvalue weighted by molar-refractivity contribution is -0.137. The molecule has 2 heterocycles. The first kappa shape index (κ1) is 43.2. The van der Waals surface area contributed by atoms with Gasteiger partial charge in [-0.2, -0.15) is 5.26 Å². The van der Waals surface area contributed by atoms with E-state index in [4.69, 9.17) is 14.2 Å². The zero-order chi connectivity index (χ0) is 41.2. The predicted octanol–water partition coefficient (Wildman–Crippen LogP) is 3.11. The van der Waals surface area contributed by atoms with Gasteiger partial charge in [-0.3, -0.25) is 33.7 Å². The summed E-state index contributed by atoms with van der Waals surface area (Å²) < 4.78 is 17.5. The van der Waals surface area contributed by atoms with Crippen molar-refractivity contribution in [1.29, 1.82) is 5.26 Å². The lowest BCUT2D eigenvalue weighted by Gasteiger charge is -2.33. The van der Waals surface area contributed by atoms with Gasteiger partial charge in [0.25, 0.3) is 11.8 Å². The smallest absolute Gasteiger partial charge is 0.410 e. The molecule has 0 fully saturated rings. The van der Waals surface area contributed by atoms with Gasteiger partial charge in [0.05, 0.1) is 36.6 Å². The monoisotopic (exact) mass is 790 g/mol. The zero-order valence-corrected chi connectivity index (χ0v) is 33.2. The van der Waals surface area contributed by atoms with Gasteiger partial charge in [0.1, 0.15) is 11.8 Å². The molecular weight excluding hydrogens is 745 g/mol. The highest BCUT2D eigenvalue weighted by atomic mass is 32.1. The van der Waals surface area contributed by atoms with Crippen molar-refractivity contribution >= 4 is 62.8 Å². The molecule has 1 aromatic heterocycles. The van der Waals surface area contributed by atoms with Crippen LogP contribution in [0.25, 0.3) is 10.2 Å². The van der Waals surface area contributed by atoms with E-state index in [0.717, 1.165) is 4.90 Å². The van der Waals surface area contributed by atoms with Crippen LogP contribution in [0.1, 0.15) is 52.5 Å². The number of fused-ring (bicyclic) bond motifs is 1. The number of nitriles is 1. The van der Waals surface area contributed by atoms with Crippen molar-refractivity contribution in [3.05, 3.63) is 57.7 Å². The van der Waals surface area contributed by atoms with Crippen LogP contribution < -0.4 is 10.1 Å². The van der Waals surface area contributed by atoms with Crippen LogP contribution >= 0.6 is 11.3 Å². The number of rotatable bonds is 19. The molecule has 56 heavy (non-hydrogen) atoms. The summed E-state index contributed by atoms with van der Waals surface area (Å²) in [5, 5.41) is 12.1. The summed E-state index contributed by atoms with van der Waals surface area (Å²) in [5.74, 6) is -1.62. The maximum absolute atomic E-state index is 13.5. The molecule has 1 aliphatic carbocycles. The maximum atomic E-state index is 13.5. The molecule has 0 saturated heterocycles. The van der Waals surface area contributed by atoms with Crippen LogP contribution in [0.3, 0.4) is 0 Å². The summed E-state index contributed by atoms with van der Waals surface area (Å²) in [6.07, 6.45) is 1.68. The summed E-state index contributed by atoms with van der Waals surface area (Å²) in [4.78, 5) is 96.3. The fourth-order valence-electron chi connectivity index (χ4n) is 6.09. The Labute approximate surface area is 328 Å². The minimum absolute atomic E-state index is 0.0470. The first-order chi connectivity index (χ1) is 26.5. The number of hydrogen-bond acceptors (Lipinski definition) is 13. The molecule has 17 heteroatoms. The Bertz CT molecular complexity index is 2020. The fourth-order valence-corrected chi connectivity index (χ4v) is 6.88. The number of ketones is 2. The third kappa shape index (κ3) is 11.0. The molecule has 4 rings (SSSR count). The van der Waals surface area contributed by atoms with Crippen molar-refractivity contribution in [2.75, 3.05) is 66.2 Å². The van der Waals surface area contributed by atoms with E-state index in [-0.39, 0.29) is 106 Å². The second kappa shape index (κ2) is 19.3. The number of aromatic nitrogens is 1. The minimum atomic E-state index is -0.933. The SMILES string of the molecule is CC1=C(C)C(=O)C(C(C)(C)CC(=O)N(C)CCN(CCOCCOCCC(=O)NCCN2C(=O)C=CC2=O)C(=O)Oc2ccc3nc(C#N)sc3c2)=C(C)C1=O. The predicted molar refractivity (Wildman–Crippen MR) is 204 cm³/mol. The lowest BCUT2D eigenvalue weighted by Crippen LogP contribution is -2.43. The third-order valence-corrected chi connectivity index (χ3v) is 10.3. The van der Waals surface area contributed by atoms with E-state index in [2.05, 4.69) is 10.3 Å². The van der Waals surface area contributed by atoms with E-state index in [0.29, 0.717) is 32.5 Å². The second-order valence-electron chi connectivity index (χ2n) is 13.9. The van der Waals surface area contributed by atoms with Crippen molar-refractivity contribution in [2.45, 2.75) is 47.5 Å². The van der Waals surface area contributed by atoms with Crippen molar-refractivity contribution in [1.82, 2.24) is 25.0 Å². The Kier molecular flexibility index (Phi) is 14.9. The van der Waals surface area contributed by atoms with Gasteiger partial charge < -0.3 is 29.3 Å². The van der Waals surface area contributed by atoms with Crippen molar-refractivity contribution in [3.8, 4) is 11.8 Å². The van der Waals surface area contributed by atoms with Crippen molar-refractivity contribution in [3.63, 3.8) is 0 Å². The number of Topliss-reactive ketones (excluding diaryl/α,β-unsaturated/α-hetero) is 2. The largest absolute Gasteiger partial charge is 0.415 e. The molecule has 0 atom stereocenters. The first-order valence-electron chi connectivity index (χ1n) is 18.0. The van der Waals surface area contributed by atoms with Gasteiger partial charge in [-0.05, 0) is 32.9 Å². The number of nitrogens with one attached hydrogen (secondary N) is 1. The van der Waals surface area contributed by atoms with Gasteiger partial charge in [0, 0.05) is 98.5 Å². The molecule has 0 radical (unpaired) electrons. The van der Waals surface area contributed by atoms with Crippen LogP contribution in [-0.4, -0.2) is 127 Å². The lowest BCUT2D eigenvalue weighted by atomic mass is 9.71. The van der Waals surface area contributed by atoms with Crippen LogP contribution in [0.5, 0.6) is 5.75 Å². The number of allylic oxidation sites excluding steroid dienone is 4. The van der Waals surface area contributed by atoms with E-state index >= 15 is 0 Å². The Balaban J connectivity index is 1.27. The van der Waals surface area contributed by atoms with Gasteiger partial charge in [0.2, 0.25) is 11.8 Å². The van der Waals surface area contributed by atoms with Gasteiger partial charge >= 0.3 is 6.09 Å². The molecule has 1 aliphatic heterocycles. The highest BCUT2D eigenvalue weighted by Crippen LogP contribution is 2.39. The maximum Gasteiger partial charge on any atom is 0.415 e. The molecule has 5 amide bonds. The number of ether oxygens (including phenoxy) is 3. The topological polar surface area (TPSA) is 206 Å². The summed E-state index contributed by atoms with van der Waals surface area (Å²) in [7, 11) is 1.60. The molecule has 298 valence electrons. The molecule has 0 bridgehead atoms. The average Bonchev–Trinajstić information content (AvgIpc) is 3.72. The van der Waals surface area contributed by atoms with E-state index in [1.54, 1.807) is 59.9 Å². The quantitative estimate of drug-likeness (QED) is 0.124. The summed E-state index contributed by atoms with van der Waals surface area (Å²) in [6, 6.07) is 6.85. The van der Waals surface area contributed by atoms with Crippen molar-refractivity contribution in [2.24, 2.45) is 5.41 Å². The molecule has 0 spiro atoms. The summed E-state index contributed by atoms with van der Waals surface area (Å²) >= 11 is 1.17. The van der Waals surface area contributed by atoms with E-state index < -0.39 is 23.3 Å². The van der Waals surface area contributed by atoms with Crippen LogP contribution in [0.4, 0.5) is 4.79 Å². The van der Waals surface area contributed by atoms with E-state index in [1.807, 2.05) is 6.07 Å². The van der Waals surface area contributed by atoms with Gasteiger partial charge in [-0.15, -0.1) is 11.3 Å². The fraction of sp³-hybridized carbons (Fsp3) is 0.462. The molecular formula is C39H46N6O10S. The average molecular weight is 791 g/mol. The molecule has 2 aromatic rings. The standard InChI is InChI=1S/C39H46N6O10S/c1-24-25(2)37(51)35(26(3)36(24)50)39(4,5)22-34(49)43(6)14-15-44(38(52)55-27-7-8-28-29(21-27)56-31(23-40)42-28)16-18-54-20-19-53-17-11-30(46)41-12-13-45-32(47)9-10-33(45)48/h7-10,21H,11-20,22H2,1-6H3,(H,41,46). The summed E-state index contributed by atoms with van der Waals surface area (Å²) in [6.45, 7) is 9.43. The number of carbonyl (C=O) groups excluding carboxylic acids is 7. The minimum Gasteiger partial charge on any atom is -0.410 e. The number of carbonyl (C=O) groups is 7. The number of imide groups is 1. The molecule has 0 unspecified atom stereocenters. The molecule has 1 aromatic carbocycles. The number of thiazole rings is 1. The van der Waals surface area contributed by atoms with E-state index in [1.165, 1.54) is 33.3 Å². The highest BCUT2D eigenvalue weighted by Gasteiger charge is 2.39. The van der Waals surface area contributed by atoms with Gasteiger partial charge in [-0.1, -0.05) is 13.8 Å². The number of likely N-dealkylation sites (N-methyl/N-ethyl adjacent to an activating group) is 1. The van der Waals surface area contributed by atoms with Crippen molar-refractivity contribution < 1.29 is 47.8 Å². The third-order valence-electron chi connectivity index (χ3n) is 9.42. The Morgan fingerprint density at radius 3 is 2.25 bits per heavy atom. The highest BCUT2D eigenvalue weighted by molar-refractivity contribution is 7.19. The van der Waals surface area contributed by atoms with Crippen LogP contribution in [0.2, 0.25) is 0 Å². The second-order valence-corrected chi connectivity index (χ2v) is 14.9. The Morgan fingerprint density at radius 1 is 0.911 bits per heavy atom. The van der Waals surface area contributed by atoms with Crippen LogP contribution in [0.15, 0.2) is 52.6 Å². The molecule has 0 saturated carbocycles.